The molecule has 0 aliphatic carbocycles. The molecule has 0 saturated carbocycles. The van der Waals surface area contributed by atoms with Crippen molar-refractivity contribution in [1.82, 2.24) is 19.6 Å². The van der Waals surface area contributed by atoms with Crippen LogP contribution in [-0.4, -0.2) is 65.8 Å². The second kappa shape index (κ2) is 15.6. The van der Waals surface area contributed by atoms with Gasteiger partial charge in [-0.2, -0.15) is 0 Å². The fraction of sp³-hybridized carbons (Fsp3) is 0.375. The third kappa shape index (κ3) is 7.47. The second-order valence-corrected chi connectivity index (χ2v) is 18.5. The summed E-state index contributed by atoms with van der Waals surface area (Å²) in [5.74, 6) is 1.31. The van der Waals surface area contributed by atoms with Crippen molar-refractivity contribution in [3.05, 3.63) is 131 Å². The first-order valence-electron chi connectivity index (χ1n) is 17.4. The number of benzene rings is 3. The number of aliphatic hydroxyl groups excluding tert-OH is 1. The Morgan fingerprint density at radius 3 is 2.42 bits per heavy atom. The Morgan fingerprint density at radius 1 is 0.920 bits per heavy atom. The van der Waals surface area contributed by atoms with Crippen LogP contribution in [0.4, 0.5) is 0 Å². The van der Waals surface area contributed by atoms with Crippen LogP contribution in [0.25, 0.3) is 5.69 Å². The minimum atomic E-state index is -2.04. The Hall–Kier alpha value is -4.51. The number of aryl methyl sites for hydroxylation is 2. The highest BCUT2D eigenvalue weighted by molar-refractivity contribution is 6.91. The number of nitrogens with zero attached hydrogens (tertiary/aromatic N) is 4. The van der Waals surface area contributed by atoms with Gasteiger partial charge < -0.3 is 19.3 Å². The molecule has 1 unspecified atom stereocenters. The Kier molecular flexibility index (Phi) is 11.0. The number of aromatic nitrogens is 4. The molecule has 3 heterocycles. The van der Waals surface area contributed by atoms with Crippen molar-refractivity contribution in [3.63, 3.8) is 0 Å². The number of aliphatic hydroxyl groups is 1. The van der Waals surface area contributed by atoms with E-state index in [1.165, 1.54) is 12.3 Å². The number of pyridine rings is 1. The molecule has 3 aromatic carbocycles. The van der Waals surface area contributed by atoms with E-state index in [4.69, 9.17) is 14.2 Å². The minimum absolute atomic E-state index is 0.0312. The van der Waals surface area contributed by atoms with Gasteiger partial charge in [0.2, 0.25) is 0 Å². The molecule has 0 amide bonds. The SMILES string of the molecule is COc1ccc([Si](C)(C)[C@H]2[C@H](C)[C@H](CCc3cccc(-n4cccc(OC)c4=O)c3)O[C@@H]2CCn2cc(C(CO)c3ccccc3)nn2)cc1. The zero-order chi connectivity index (χ0) is 35.3. The zero-order valence-corrected chi connectivity index (χ0v) is 30.6. The van der Waals surface area contributed by atoms with Crippen molar-refractivity contribution in [1.29, 1.82) is 0 Å². The van der Waals surface area contributed by atoms with Gasteiger partial charge in [-0.1, -0.05) is 85.0 Å². The summed E-state index contributed by atoms with van der Waals surface area (Å²) in [7, 11) is 1.18. The molecule has 9 nitrogen and oxygen atoms in total. The van der Waals surface area contributed by atoms with E-state index < -0.39 is 8.07 Å². The van der Waals surface area contributed by atoms with Crippen molar-refractivity contribution in [2.75, 3.05) is 20.8 Å². The first-order chi connectivity index (χ1) is 24.2. The van der Waals surface area contributed by atoms with Gasteiger partial charge in [0.15, 0.2) is 5.75 Å². The van der Waals surface area contributed by atoms with Crippen LogP contribution in [0.3, 0.4) is 0 Å². The predicted octanol–water partition coefficient (Wildman–Crippen LogP) is 5.98. The molecule has 1 fully saturated rings. The van der Waals surface area contributed by atoms with Gasteiger partial charge in [-0.25, -0.2) is 0 Å². The fourth-order valence-corrected chi connectivity index (χ4v) is 11.9. The molecule has 1 aliphatic rings. The van der Waals surface area contributed by atoms with Gasteiger partial charge in [0, 0.05) is 24.6 Å². The van der Waals surface area contributed by atoms with E-state index in [1.807, 2.05) is 59.4 Å². The number of hydrogen-bond donors (Lipinski definition) is 1. The van der Waals surface area contributed by atoms with Crippen LogP contribution in [-0.2, 0) is 17.7 Å². The largest absolute Gasteiger partial charge is 0.497 e. The number of ether oxygens (including phenoxy) is 3. The van der Waals surface area contributed by atoms with Crippen LogP contribution in [0.5, 0.6) is 11.5 Å². The lowest BCUT2D eigenvalue weighted by Gasteiger charge is -2.36. The van der Waals surface area contributed by atoms with Gasteiger partial charge in [-0.3, -0.25) is 14.0 Å². The monoisotopic (exact) mass is 692 g/mol. The highest BCUT2D eigenvalue weighted by Gasteiger charge is 2.50. The zero-order valence-electron chi connectivity index (χ0n) is 29.6. The molecular weight excluding hydrogens is 645 g/mol. The normalized spacial score (nSPS) is 19.7. The van der Waals surface area contributed by atoms with Gasteiger partial charge in [-0.05, 0) is 78.2 Å². The lowest BCUT2D eigenvalue weighted by Crippen LogP contribution is -2.50. The Morgan fingerprint density at radius 2 is 1.70 bits per heavy atom. The average molecular weight is 693 g/mol. The summed E-state index contributed by atoms with van der Waals surface area (Å²) < 4.78 is 21.3. The topological polar surface area (TPSA) is 101 Å². The number of hydrogen-bond acceptors (Lipinski definition) is 7. The van der Waals surface area contributed by atoms with E-state index in [9.17, 15) is 9.90 Å². The Labute approximate surface area is 295 Å². The van der Waals surface area contributed by atoms with Gasteiger partial charge >= 0.3 is 0 Å². The molecule has 10 heteroatoms. The third-order valence-corrected chi connectivity index (χ3v) is 14.9. The maximum Gasteiger partial charge on any atom is 0.297 e. The number of methoxy groups -OCH3 is 2. The molecule has 2 aromatic heterocycles. The maximum absolute atomic E-state index is 12.9. The highest BCUT2D eigenvalue weighted by atomic mass is 28.3. The van der Waals surface area contributed by atoms with Crippen molar-refractivity contribution < 1.29 is 19.3 Å². The highest BCUT2D eigenvalue weighted by Crippen LogP contribution is 2.46. The molecule has 5 aromatic rings. The van der Waals surface area contributed by atoms with Crippen molar-refractivity contribution in [2.24, 2.45) is 5.92 Å². The van der Waals surface area contributed by atoms with Gasteiger partial charge in [0.05, 0.1) is 52.7 Å². The molecule has 0 bridgehead atoms. The molecule has 0 radical (unpaired) electrons. The average Bonchev–Trinajstić information content (AvgIpc) is 3.74. The van der Waals surface area contributed by atoms with Crippen LogP contribution in [0.2, 0.25) is 18.6 Å². The first-order valence-corrected chi connectivity index (χ1v) is 20.5. The fourth-order valence-electron chi connectivity index (χ4n) is 7.82. The van der Waals surface area contributed by atoms with Crippen molar-refractivity contribution in [3.8, 4) is 17.2 Å². The Balaban J connectivity index is 1.21. The molecule has 1 aliphatic heterocycles. The molecule has 1 saturated heterocycles. The smallest absolute Gasteiger partial charge is 0.297 e. The van der Waals surface area contributed by atoms with E-state index in [0.29, 0.717) is 23.8 Å². The van der Waals surface area contributed by atoms with Crippen LogP contribution >= 0.6 is 0 Å². The van der Waals surface area contributed by atoms with Crippen LogP contribution in [0, 0.1) is 5.92 Å². The lowest BCUT2D eigenvalue weighted by atomic mass is 9.95. The summed E-state index contributed by atoms with van der Waals surface area (Å²) in [6.07, 6.45) is 6.39. The van der Waals surface area contributed by atoms with Crippen LogP contribution in [0.1, 0.15) is 42.5 Å². The maximum atomic E-state index is 12.9. The van der Waals surface area contributed by atoms with E-state index >= 15 is 0 Å². The number of rotatable bonds is 14. The van der Waals surface area contributed by atoms with Crippen LogP contribution < -0.4 is 20.2 Å². The van der Waals surface area contributed by atoms with E-state index in [1.54, 1.807) is 23.9 Å². The summed E-state index contributed by atoms with van der Waals surface area (Å²) in [6, 6.07) is 30.2. The molecular formula is C40H48N4O5Si. The standard InChI is InChI=1S/C40H48N4O5Si/c1-28-36(21-16-29-11-9-14-31(25-29)44-23-10-15-38(48-3)40(44)46)49-37(39(28)50(4,5)33-19-17-32(47-2)18-20-33)22-24-43-26-35(41-42-43)34(27-45)30-12-7-6-8-13-30/h6-15,17-20,23,25-26,28,34,36-37,39,45H,16,21-22,24,27H2,1-5H3/t28-,34?,36+,37-,39+/m1/s1. The van der Waals surface area contributed by atoms with Crippen molar-refractivity contribution in [2.45, 2.75) is 69.5 Å². The summed E-state index contributed by atoms with van der Waals surface area (Å²) in [6.45, 7) is 7.92. The lowest BCUT2D eigenvalue weighted by molar-refractivity contribution is 0.0249. The minimum Gasteiger partial charge on any atom is -0.497 e. The van der Waals surface area contributed by atoms with Gasteiger partial charge in [-0.15, -0.1) is 5.10 Å². The summed E-state index contributed by atoms with van der Waals surface area (Å²) >= 11 is 0. The van der Waals surface area contributed by atoms with E-state index in [-0.39, 0.29) is 30.3 Å². The van der Waals surface area contributed by atoms with Crippen LogP contribution in [0.15, 0.2) is 108 Å². The van der Waals surface area contributed by atoms with E-state index in [2.05, 4.69) is 66.7 Å². The summed E-state index contributed by atoms with van der Waals surface area (Å²) in [5.41, 5.74) is 3.96. The first kappa shape index (κ1) is 35.3. The predicted molar refractivity (Wildman–Crippen MR) is 199 cm³/mol. The molecule has 6 rings (SSSR count). The molecule has 1 N–H and O–H groups in total. The van der Waals surface area contributed by atoms with E-state index in [0.717, 1.165) is 47.5 Å². The van der Waals surface area contributed by atoms with Gasteiger partial charge in [0.1, 0.15) is 5.75 Å². The molecule has 0 spiro atoms. The third-order valence-electron chi connectivity index (χ3n) is 10.5. The molecule has 262 valence electrons. The quantitative estimate of drug-likeness (QED) is 0.143. The summed E-state index contributed by atoms with van der Waals surface area (Å²) in [4.78, 5) is 12.9. The Bertz CT molecular complexity index is 1910. The second-order valence-electron chi connectivity index (χ2n) is 13.8. The van der Waals surface area contributed by atoms with Crippen molar-refractivity contribution >= 4 is 13.3 Å². The molecule has 5 atom stereocenters. The molecule has 50 heavy (non-hydrogen) atoms. The van der Waals surface area contributed by atoms with Gasteiger partial charge in [0.25, 0.3) is 5.56 Å². The summed E-state index contributed by atoms with van der Waals surface area (Å²) in [5, 5.41) is 20.5.